The van der Waals surface area contributed by atoms with Crippen LogP contribution in [0.2, 0.25) is 0 Å². The summed E-state index contributed by atoms with van der Waals surface area (Å²) in [6.07, 6.45) is 0. The van der Waals surface area contributed by atoms with Crippen molar-refractivity contribution in [1.82, 2.24) is 0 Å². The second-order valence-corrected chi connectivity index (χ2v) is 6.90. The SMILES string of the molecule is Cc1ccc(C(=O)CS(=O)(=O)CCOCCN)cc1C. The molecule has 1 rings (SSSR count). The molecule has 0 radical (unpaired) electrons. The Morgan fingerprint density at radius 3 is 2.50 bits per heavy atom. The first-order valence-corrected chi connectivity index (χ1v) is 8.26. The lowest BCUT2D eigenvalue weighted by Crippen LogP contribution is -2.22. The Morgan fingerprint density at radius 2 is 1.90 bits per heavy atom. The van der Waals surface area contributed by atoms with Gasteiger partial charge in [0.25, 0.3) is 0 Å². The van der Waals surface area contributed by atoms with Crippen LogP contribution in [-0.2, 0) is 14.6 Å². The summed E-state index contributed by atoms with van der Waals surface area (Å²) in [5.41, 5.74) is 7.70. The normalized spacial score (nSPS) is 11.6. The maximum absolute atomic E-state index is 12.0. The molecule has 1 aromatic rings. The molecule has 112 valence electrons. The zero-order valence-electron chi connectivity index (χ0n) is 11.9. The van der Waals surface area contributed by atoms with E-state index < -0.39 is 15.6 Å². The molecule has 0 fully saturated rings. The van der Waals surface area contributed by atoms with Gasteiger partial charge >= 0.3 is 0 Å². The van der Waals surface area contributed by atoms with Crippen LogP contribution in [0.1, 0.15) is 21.5 Å². The van der Waals surface area contributed by atoms with Crippen molar-refractivity contribution >= 4 is 15.6 Å². The lowest BCUT2D eigenvalue weighted by Gasteiger charge is -2.06. The van der Waals surface area contributed by atoms with E-state index in [9.17, 15) is 13.2 Å². The largest absolute Gasteiger partial charge is 0.379 e. The van der Waals surface area contributed by atoms with Crippen LogP contribution in [0.25, 0.3) is 0 Å². The van der Waals surface area contributed by atoms with Gasteiger partial charge in [-0.05, 0) is 31.0 Å². The molecule has 6 heteroatoms. The molecule has 0 amide bonds. The highest BCUT2D eigenvalue weighted by Crippen LogP contribution is 2.11. The highest BCUT2D eigenvalue weighted by Gasteiger charge is 2.18. The maximum atomic E-state index is 12.0. The van der Waals surface area contributed by atoms with Gasteiger partial charge in [-0.2, -0.15) is 0 Å². The quantitative estimate of drug-likeness (QED) is 0.569. The number of hydrogen-bond acceptors (Lipinski definition) is 5. The highest BCUT2D eigenvalue weighted by molar-refractivity contribution is 7.92. The van der Waals surface area contributed by atoms with Crippen molar-refractivity contribution in [3.8, 4) is 0 Å². The third-order valence-electron chi connectivity index (χ3n) is 2.98. The first-order valence-electron chi connectivity index (χ1n) is 6.44. The zero-order chi connectivity index (χ0) is 15.2. The van der Waals surface area contributed by atoms with Crippen LogP contribution in [0, 0.1) is 13.8 Å². The minimum atomic E-state index is -3.45. The number of carbonyl (C=O) groups excluding carboxylic acids is 1. The molecule has 2 N–H and O–H groups in total. The number of aryl methyl sites for hydroxylation is 2. The van der Waals surface area contributed by atoms with Gasteiger partial charge in [0.1, 0.15) is 5.75 Å². The summed E-state index contributed by atoms with van der Waals surface area (Å²) in [5, 5.41) is 0. The number of carbonyl (C=O) groups is 1. The molecular weight excluding hydrogens is 278 g/mol. The van der Waals surface area contributed by atoms with E-state index in [2.05, 4.69) is 0 Å². The number of hydrogen-bond donors (Lipinski definition) is 1. The van der Waals surface area contributed by atoms with E-state index in [4.69, 9.17) is 10.5 Å². The van der Waals surface area contributed by atoms with Crippen molar-refractivity contribution in [2.75, 3.05) is 31.3 Å². The van der Waals surface area contributed by atoms with Gasteiger partial charge in [-0.25, -0.2) is 8.42 Å². The molecule has 0 aliphatic carbocycles. The number of Topliss-reactive ketones (excluding diaryl/α,β-unsaturated/α-hetero) is 1. The van der Waals surface area contributed by atoms with E-state index in [0.29, 0.717) is 18.7 Å². The molecule has 1 aromatic carbocycles. The standard InChI is InChI=1S/C14H21NO4S/c1-11-3-4-13(9-12(11)2)14(16)10-20(17,18)8-7-19-6-5-15/h3-4,9H,5-8,10,15H2,1-2H3. The second-order valence-electron chi connectivity index (χ2n) is 4.72. The molecule has 0 aromatic heterocycles. The van der Waals surface area contributed by atoms with E-state index in [1.54, 1.807) is 12.1 Å². The third kappa shape index (κ3) is 5.40. The number of benzene rings is 1. The Hall–Kier alpha value is -1.24. The molecule has 0 saturated heterocycles. The Labute approximate surface area is 120 Å². The Kier molecular flexibility index (Phi) is 6.32. The average Bonchev–Trinajstić information content (AvgIpc) is 2.37. The summed E-state index contributed by atoms with van der Waals surface area (Å²) in [4.78, 5) is 12.0. The molecule has 20 heavy (non-hydrogen) atoms. The van der Waals surface area contributed by atoms with Crippen molar-refractivity contribution < 1.29 is 17.9 Å². The van der Waals surface area contributed by atoms with Gasteiger partial charge < -0.3 is 10.5 Å². The van der Waals surface area contributed by atoms with Crippen molar-refractivity contribution in [1.29, 1.82) is 0 Å². The average molecular weight is 299 g/mol. The maximum Gasteiger partial charge on any atom is 0.177 e. The summed E-state index contributed by atoms with van der Waals surface area (Å²) in [7, 11) is -3.45. The van der Waals surface area contributed by atoms with Gasteiger partial charge in [0.15, 0.2) is 15.6 Å². The van der Waals surface area contributed by atoms with E-state index in [-0.39, 0.29) is 18.1 Å². The summed E-state index contributed by atoms with van der Waals surface area (Å²) < 4.78 is 28.6. The lowest BCUT2D eigenvalue weighted by atomic mass is 10.0. The van der Waals surface area contributed by atoms with Gasteiger partial charge in [-0.3, -0.25) is 4.79 Å². The monoisotopic (exact) mass is 299 g/mol. The predicted molar refractivity (Wildman–Crippen MR) is 78.8 cm³/mol. The Balaban J connectivity index is 2.62. The van der Waals surface area contributed by atoms with Crippen LogP contribution in [0.15, 0.2) is 18.2 Å². The molecule has 0 aliphatic rings. The van der Waals surface area contributed by atoms with Gasteiger partial charge in [0, 0.05) is 12.1 Å². The second kappa shape index (κ2) is 7.52. The van der Waals surface area contributed by atoms with E-state index in [1.165, 1.54) is 0 Å². The molecule has 0 unspecified atom stereocenters. The van der Waals surface area contributed by atoms with Crippen molar-refractivity contribution in [3.05, 3.63) is 34.9 Å². The third-order valence-corrected chi connectivity index (χ3v) is 4.47. The number of ketones is 1. The molecule has 0 heterocycles. The fourth-order valence-corrected chi connectivity index (χ4v) is 2.72. The van der Waals surface area contributed by atoms with Crippen LogP contribution >= 0.6 is 0 Å². The van der Waals surface area contributed by atoms with Crippen molar-refractivity contribution in [3.63, 3.8) is 0 Å². The van der Waals surface area contributed by atoms with E-state index >= 15 is 0 Å². The molecule has 0 spiro atoms. The van der Waals surface area contributed by atoms with Gasteiger partial charge in [0.05, 0.1) is 19.0 Å². The number of sulfone groups is 1. The smallest absolute Gasteiger partial charge is 0.177 e. The highest BCUT2D eigenvalue weighted by atomic mass is 32.2. The summed E-state index contributed by atoms with van der Waals surface area (Å²) in [5.74, 6) is -1.03. The molecular formula is C14H21NO4S. The van der Waals surface area contributed by atoms with Crippen LogP contribution in [-0.4, -0.2) is 45.5 Å². The number of rotatable bonds is 8. The number of nitrogens with two attached hydrogens (primary N) is 1. The first kappa shape index (κ1) is 16.8. The predicted octanol–water partition coefficient (Wildman–Crippen LogP) is 0.876. The zero-order valence-corrected chi connectivity index (χ0v) is 12.7. The summed E-state index contributed by atoms with van der Waals surface area (Å²) in [6.45, 7) is 4.57. The van der Waals surface area contributed by atoms with Crippen molar-refractivity contribution in [2.45, 2.75) is 13.8 Å². The molecule has 0 aliphatic heterocycles. The molecule has 5 nitrogen and oxygen atoms in total. The minimum Gasteiger partial charge on any atom is -0.379 e. The van der Waals surface area contributed by atoms with Crippen LogP contribution in [0.3, 0.4) is 0 Å². The molecule has 0 saturated carbocycles. The van der Waals surface area contributed by atoms with Crippen LogP contribution < -0.4 is 5.73 Å². The lowest BCUT2D eigenvalue weighted by molar-refractivity contribution is 0.102. The Bertz CT molecular complexity index is 567. The fourth-order valence-electron chi connectivity index (χ4n) is 1.64. The Morgan fingerprint density at radius 1 is 1.20 bits per heavy atom. The van der Waals surface area contributed by atoms with Crippen LogP contribution in [0.5, 0.6) is 0 Å². The van der Waals surface area contributed by atoms with Gasteiger partial charge in [-0.1, -0.05) is 12.1 Å². The van der Waals surface area contributed by atoms with E-state index in [1.807, 2.05) is 19.9 Å². The molecule has 0 bridgehead atoms. The first-order chi connectivity index (χ1) is 9.35. The summed E-state index contributed by atoms with van der Waals surface area (Å²) in [6, 6.07) is 5.20. The van der Waals surface area contributed by atoms with E-state index in [0.717, 1.165) is 11.1 Å². The van der Waals surface area contributed by atoms with Crippen molar-refractivity contribution in [2.24, 2.45) is 5.73 Å². The summed E-state index contributed by atoms with van der Waals surface area (Å²) >= 11 is 0. The fraction of sp³-hybridized carbons (Fsp3) is 0.500. The van der Waals surface area contributed by atoms with Gasteiger partial charge in [-0.15, -0.1) is 0 Å². The topological polar surface area (TPSA) is 86.5 Å². The number of ether oxygens (including phenoxy) is 1. The molecule has 0 atom stereocenters. The van der Waals surface area contributed by atoms with Crippen LogP contribution in [0.4, 0.5) is 0 Å². The minimum absolute atomic E-state index is 0.0692. The van der Waals surface area contributed by atoms with Gasteiger partial charge in [0.2, 0.25) is 0 Å².